The van der Waals surface area contributed by atoms with Gasteiger partial charge < -0.3 is 10.2 Å². The van der Waals surface area contributed by atoms with E-state index in [9.17, 15) is 0 Å². The lowest BCUT2D eigenvalue weighted by Crippen LogP contribution is -2.50. The molecule has 94 valence electrons. The predicted molar refractivity (Wildman–Crippen MR) is 68.7 cm³/mol. The van der Waals surface area contributed by atoms with Crippen LogP contribution in [0.4, 0.5) is 0 Å². The van der Waals surface area contributed by atoms with Gasteiger partial charge in [0.25, 0.3) is 0 Å². The first kappa shape index (κ1) is 12.3. The Morgan fingerprint density at radius 1 is 1.12 bits per heavy atom. The summed E-state index contributed by atoms with van der Waals surface area (Å²) in [4.78, 5) is 5.21. The second-order valence-corrected chi connectivity index (χ2v) is 5.90. The largest absolute Gasteiger partial charge is 0.315 e. The van der Waals surface area contributed by atoms with Crippen molar-refractivity contribution in [3.05, 3.63) is 0 Å². The number of nitrogens with zero attached hydrogens (tertiary/aromatic N) is 2. The molecule has 0 spiro atoms. The third-order valence-electron chi connectivity index (χ3n) is 4.15. The molecule has 3 unspecified atom stereocenters. The highest BCUT2D eigenvalue weighted by Gasteiger charge is 2.30. The maximum Gasteiger partial charge on any atom is 0.0146 e. The van der Waals surface area contributed by atoms with Crippen LogP contribution in [0.2, 0.25) is 0 Å². The summed E-state index contributed by atoms with van der Waals surface area (Å²) in [6.45, 7) is 12.2. The first-order chi connectivity index (χ1) is 7.66. The quantitative estimate of drug-likeness (QED) is 0.714. The Morgan fingerprint density at radius 2 is 1.94 bits per heavy atom. The molecule has 0 saturated carbocycles. The molecule has 3 nitrogen and oxygen atoms in total. The second kappa shape index (κ2) is 5.48. The first-order valence-corrected chi connectivity index (χ1v) is 6.80. The zero-order valence-electron chi connectivity index (χ0n) is 11.1. The zero-order valence-corrected chi connectivity index (χ0v) is 11.1. The molecule has 0 aromatic rings. The Labute approximate surface area is 100 Å². The molecule has 0 aromatic heterocycles. The van der Waals surface area contributed by atoms with Gasteiger partial charge in [0.05, 0.1) is 0 Å². The van der Waals surface area contributed by atoms with Crippen LogP contribution in [-0.2, 0) is 0 Å². The Balaban J connectivity index is 1.94. The van der Waals surface area contributed by atoms with Crippen LogP contribution in [0.15, 0.2) is 0 Å². The maximum absolute atomic E-state index is 3.54. The highest BCUT2D eigenvalue weighted by molar-refractivity contribution is 4.86. The van der Waals surface area contributed by atoms with Crippen LogP contribution >= 0.6 is 0 Å². The SMILES string of the molecule is CC1CNCCN(C2CCN(C)CC2C)C1. The molecule has 2 fully saturated rings. The number of rotatable bonds is 1. The molecule has 0 bridgehead atoms. The molecular formula is C13H27N3. The normalized spacial score (nSPS) is 39.6. The van der Waals surface area contributed by atoms with E-state index in [1.54, 1.807) is 0 Å². The van der Waals surface area contributed by atoms with Gasteiger partial charge in [-0.15, -0.1) is 0 Å². The number of likely N-dealkylation sites (tertiary alicyclic amines) is 1. The van der Waals surface area contributed by atoms with E-state index in [4.69, 9.17) is 0 Å². The van der Waals surface area contributed by atoms with Crippen LogP contribution in [-0.4, -0.2) is 62.2 Å². The zero-order chi connectivity index (χ0) is 11.5. The summed E-state index contributed by atoms with van der Waals surface area (Å²) in [6, 6.07) is 0.818. The van der Waals surface area contributed by atoms with Crippen LogP contribution in [0.3, 0.4) is 0 Å². The molecule has 0 radical (unpaired) electrons. The van der Waals surface area contributed by atoms with Crippen LogP contribution in [0.25, 0.3) is 0 Å². The van der Waals surface area contributed by atoms with Crippen LogP contribution in [0, 0.1) is 11.8 Å². The van der Waals surface area contributed by atoms with E-state index in [0.29, 0.717) is 0 Å². The molecule has 2 aliphatic rings. The molecule has 2 rings (SSSR count). The molecule has 3 atom stereocenters. The molecule has 0 aromatic carbocycles. The average molecular weight is 225 g/mol. The predicted octanol–water partition coefficient (Wildman–Crippen LogP) is 0.868. The molecule has 0 aliphatic carbocycles. The summed E-state index contributed by atoms with van der Waals surface area (Å²) >= 11 is 0. The fourth-order valence-electron chi connectivity index (χ4n) is 3.31. The van der Waals surface area contributed by atoms with Crippen molar-refractivity contribution in [2.45, 2.75) is 26.3 Å². The summed E-state index contributed by atoms with van der Waals surface area (Å²) in [6.07, 6.45) is 1.35. The van der Waals surface area contributed by atoms with E-state index in [2.05, 4.69) is 36.0 Å². The summed E-state index contributed by atoms with van der Waals surface area (Å²) in [7, 11) is 2.25. The maximum atomic E-state index is 3.54. The van der Waals surface area contributed by atoms with Crippen molar-refractivity contribution >= 4 is 0 Å². The molecule has 2 saturated heterocycles. The van der Waals surface area contributed by atoms with Crippen molar-refractivity contribution in [3.63, 3.8) is 0 Å². The van der Waals surface area contributed by atoms with Gasteiger partial charge in [0.2, 0.25) is 0 Å². The summed E-state index contributed by atoms with van der Waals surface area (Å²) in [5.74, 6) is 1.62. The van der Waals surface area contributed by atoms with E-state index >= 15 is 0 Å². The van der Waals surface area contributed by atoms with Crippen molar-refractivity contribution in [1.82, 2.24) is 15.1 Å². The van der Waals surface area contributed by atoms with Gasteiger partial charge in [-0.25, -0.2) is 0 Å². The molecule has 2 heterocycles. The second-order valence-electron chi connectivity index (χ2n) is 5.90. The minimum Gasteiger partial charge on any atom is -0.315 e. The minimum atomic E-state index is 0.800. The van der Waals surface area contributed by atoms with E-state index in [0.717, 1.165) is 17.9 Å². The highest BCUT2D eigenvalue weighted by Crippen LogP contribution is 2.22. The van der Waals surface area contributed by atoms with Gasteiger partial charge in [0, 0.05) is 32.2 Å². The van der Waals surface area contributed by atoms with Gasteiger partial charge >= 0.3 is 0 Å². The van der Waals surface area contributed by atoms with Crippen LogP contribution < -0.4 is 5.32 Å². The van der Waals surface area contributed by atoms with Gasteiger partial charge in [-0.3, -0.25) is 4.90 Å². The van der Waals surface area contributed by atoms with Crippen molar-refractivity contribution in [3.8, 4) is 0 Å². The number of nitrogens with one attached hydrogen (secondary N) is 1. The van der Waals surface area contributed by atoms with Crippen molar-refractivity contribution in [2.24, 2.45) is 11.8 Å². The lowest BCUT2D eigenvalue weighted by Gasteiger charge is -2.41. The van der Waals surface area contributed by atoms with Gasteiger partial charge in [0.15, 0.2) is 0 Å². The van der Waals surface area contributed by atoms with Gasteiger partial charge in [-0.2, -0.15) is 0 Å². The first-order valence-electron chi connectivity index (χ1n) is 6.80. The molecule has 2 aliphatic heterocycles. The van der Waals surface area contributed by atoms with Gasteiger partial charge in [0.1, 0.15) is 0 Å². The Bertz CT molecular complexity index is 219. The van der Waals surface area contributed by atoms with Gasteiger partial charge in [-0.05, 0) is 38.4 Å². The molecule has 3 heteroatoms. The monoisotopic (exact) mass is 225 g/mol. The van der Waals surface area contributed by atoms with E-state index in [1.165, 1.54) is 45.7 Å². The van der Waals surface area contributed by atoms with Crippen LogP contribution in [0.1, 0.15) is 20.3 Å². The van der Waals surface area contributed by atoms with Crippen molar-refractivity contribution in [2.75, 3.05) is 46.3 Å². The number of hydrogen-bond donors (Lipinski definition) is 1. The summed E-state index contributed by atoms with van der Waals surface area (Å²) in [5.41, 5.74) is 0. The third-order valence-corrected chi connectivity index (χ3v) is 4.15. The lowest BCUT2D eigenvalue weighted by molar-refractivity contribution is 0.0730. The average Bonchev–Trinajstić information content (AvgIpc) is 2.43. The third kappa shape index (κ3) is 2.96. The molecule has 0 amide bonds. The van der Waals surface area contributed by atoms with E-state index < -0.39 is 0 Å². The topological polar surface area (TPSA) is 18.5 Å². The van der Waals surface area contributed by atoms with Crippen LogP contribution in [0.5, 0.6) is 0 Å². The van der Waals surface area contributed by atoms with Crippen molar-refractivity contribution < 1.29 is 0 Å². The fraction of sp³-hybridized carbons (Fsp3) is 1.00. The number of hydrogen-bond acceptors (Lipinski definition) is 3. The van der Waals surface area contributed by atoms with E-state index in [-0.39, 0.29) is 0 Å². The smallest absolute Gasteiger partial charge is 0.0146 e. The van der Waals surface area contributed by atoms with Crippen molar-refractivity contribution in [1.29, 1.82) is 0 Å². The highest BCUT2D eigenvalue weighted by atomic mass is 15.2. The minimum absolute atomic E-state index is 0.800. The standard InChI is InChI=1S/C13H27N3/c1-11-8-14-5-7-16(9-11)13-4-6-15(3)10-12(13)2/h11-14H,4-10H2,1-3H3. The Kier molecular flexibility index (Phi) is 4.22. The molecule has 16 heavy (non-hydrogen) atoms. The lowest BCUT2D eigenvalue weighted by atomic mass is 9.92. The Morgan fingerprint density at radius 3 is 2.69 bits per heavy atom. The summed E-state index contributed by atoms with van der Waals surface area (Å²) < 4.78 is 0. The number of piperidine rings is 1. The van der Waals surface area contributed by atoms with Gasteiger partial charge in [-0.1, -0.05) is 13.8 Å². The summed E-state index contributed by atoms with van der Waals surface area (Å²) in [5, 5.41) is 3.54. The molecular weight excluding hydrogens is 198 g/mol. The molecule has 1 N–H and O–H groups in total. The fourth-order valence-corrected chi connectivity index (χ4v) is 3.31. The Hall–Kier alpha value is -0.120. The van der Waals surface area contributed by atoms with E-state index in [1.807, 2.05) is 0 Å².